The zero-order valence-electron chi connectivity index (χ0n) is 9.89. The zero-order valence-corrected chi connectivity index (χ0v) is 9.89. The fourth-order valence-corrected chi connectivity index (χ4v) is 2.52. The third-order valence-electron chi connectivity index (χ3n) is 3.57. The first-order valence-electron chi connectivity index (χ1n) is 6.29. The maximum Gasteiger partial charge on any atom is 0.346 e. The lowest BCUT2D eigenvalue weighted by Crippen LogP contribution is -2.35. The van der Waals surface area contributed by atoms with Crippen molar-refractivity contribution in [3.63, 3.8) is 0 Å². The maximum atomic E-state index is 12.1. The Hall–Kier alpha value is -1.14. The molecule has 1 aromatic rings. The van der Waals surface area contributed by atoms with Gasteiger partial charge in [-0.3, -0.25) is 4.57 Å². The standard InChI is InChI=1S/C11H18N4O2/c16-11-14-4-3-12-7-10(14)13-15(11)8-9-1-5-17-6-2-9/h9,12H,1-8H2. The molecule has 94 valence electrons. The Balaban J connectivity index is 1.78. The molecule has 2 aliphatic heterocycles. The van der Waals surface area contributed by atoms with Crippen molar-refractivity contribution in [1.82, 2.24) is 19.7 Å². The van der Waals surface area contributed by atoms with E-state index in [4.69, 9.17) is 4.74 Å². The normalized spacial score (nSPS) is 21.4. The Labute approximate surface area is 99.6 Å². The van der Waals surface area contributed by atoms with Crippen molar-refractivity contribution in [2.24, 2.45) is 5.92 Å². The van der Waals surface area contributed by atoms with Crippen LogP contribution in [-0.2, 0) is 24.4 Å². The van der Waals surface area contributed by atoms with E-state index in [-0.39, 0.29) is 5.69 Å². The molecule has 2 aliphatic rings. The van der Waals surface area contributed by atoms with Crippen LogP contribution >= 0.6 is 0 Å². The van der Waals surface area contributed by atoms with E-state index in [9.17, 15) is 4.79 Å². The molecule has 1 N–H and O–H groups in total. The van der Waals surface area contributed by atoms with Crippen LogP contribution in [0.5, 0.6) is 0 Å². The van der Waals surface area contributed by atoms with Gasteiger partial charge in [0.05, 0.1) is 6.54 Å². The highest BCUT2D eigenvalue weighted by Crippen LogP contribution is 2.15. The van der Waals surface area contributed by atoms with Crippen LogP contribution in [0.4, 0.5) is 0 Å². The molecule has 0 spiro atoms. The summed E-state index contributed by atoms with van der Waals surface area (Å²) in [4.78, 5) is 12.1. The highest BCUT2D eigenvalue weighted by atomic mass is 16.5. The quantitative estimate of drug-likeness (QED) is 0.760. The predicted octanol–water partition coefficient (Wildman–Crippen LogP) is -0.425. The lowest BCUT2D eigenvalue weighted by molar-refractivity contribution is 0.0597. The van der Waals surface area contributed by atoms with E-state index in [1.807, 2.05) is 0 Å². The van der Waals surface area contributed by atoms with Crippen LogP contribution in [-0.4, -0.2) is 34.1 Å². The molecule has 1 saturated heterocycles. The first-order chi connectivity index (χ1) is 8.34. The molecular formula is C11H18N4O2. The van der Waals surface area contributed by atoms with Crippen molar-refractivity contribution in [3.05, 3.63) is 16.3 Å². The zero-order chi connectivity index (χ0) is 11.7. The molecule has 0 atom stereocenters. The Kier molecular flexibility index (Phi) is 2.98. The Morgan fingerprint density at radius 3 is 3.00 bits per heavy atom. The van der Waals surface area contributed by atoms with Crippen molar-refractivity contribution in [1.29, 1.82) is 0 Å². The lowest BCUT2D eigenvalue weighted by Gasteiger charge is -2.21. The van der Waals surface area contributed by atoms with Crippen molar-refractivity contribution < 1.29 is 4.74 Å². The predicted molar refractivity (Wildman–Crippen MR) is 61.7 cm³/mol. The number of nitrogens with zero attached hydrogens (tertiary/aromatic N) is 3. The Morgan fingerprint density at radius 1 is 1.41 bits per heavy atom. The molecular weight excluding hydrogens is 220 g/mol. The molecule has 0 aromatic carbocycles. The van der Waals surface area contributed by atoms with Gasteiger partial charge >= 0.3 is 5.69 Å². The molecule has 3 rings (SSSR count). The molecule has 3 heterocycles. The Morgan fingerprint density at radius 2 is 2.24 bits per heavy atom. The van der Waals surface area contributed by atoms with Crippen molar-refractivity contribution in [2.45, 2.75) is 32.5 Å². The van der Waals surface area contributed by atoms with E-state index < -0.39 is 0 Å². The van der Waals surface area contributed by atoms with Gasteiger partial charge in [0.15, 0.2) is 0 Å². The molecule has 6 nitrogen and oxygen atoms in total. The minimum atomic E-state index is 0.0491. The second kappa shape index (κ2) is 4.62. The SMILES string of the molecule is O=c1n(CC2CCOCC2)nc2n1CCNC2. The topological polar surface area (TPSA) is 61.1 Å². The van der Waals surface area contributed by atoms with Gasteiger partial charge in [-0.1, -0.05) is 0 Å². The average Bonchev–Trinajstić information content (AvgIpc) is 2.68. The summed E-state index contributed by atoms with van der Waals surface area (Å²) >= 11 is 0. The molecule has 17 heavy (non-hydrogen) atoms. The smallest absolute Gasteiger partial charge is 0.346 e. The molecule has 1 fully saturated rings. The fourth-order valence-electron chi connectivity index (χ4n) is 2.52. The lowest BCUT2D eigenvalue weighted by atomic mass is 10.0. The van der Waals surface area contributed by atoms with Crippen molar-refractivity contribution in [3.8, 4) is 0 Å². The van der Waals surface area contributed by atoms with E-state index >= 15 is 0 Å². The van der Waals surface area contributed by atoms with Crippen LogP contribution < -0.4 is 11.0 Å². The van der Waals surface area contributed by atoms with E-state index in [1.165, 1.54) is 0 Å². The van der Waals surface area contributed by atoms with Gasteiger partial charge in [-0.2, -0.15) is 5.10 Å². The summed E-state index contributed by atoms with van der Waals surface area (Å²) in [5, 5.41) is 7.64. The highest BCUT2D eigenvalue weighted by Gasteiger charge is 2.20. The summed E-state index contributed by atoms with van der Waals surface area (Å²) in [6.45, 7) is 4.67. The fraction of sp³-hybridized carbons (Fsp3) is 0.818. The minimum absolute atomic E-state index is 0.0491. The van der Waals surface area contributed by atoms with Gasteiger partial charge in [-0.05, 0) is 18.8 Å². The van der Waals surface area contributed by atoms with Gasteiger partial charge in [-0.15, -0.1) is 0 Å². The second-order valence-corrected chi connectivity index (χ2v) is 4.77. The molecule has 0 saturated carbocycles. The number of ether oxygens (including phenoxy) is 1. The maximum absolute atomic E-state index is 12.1. The summed E-state index contributed by atoms with van der Waals surface area (Å²) in [5.74, 6) is 1.40. The number of aromatic nitrogens is 3. The summed E-state index contributed by atoms with van der Waals surface area (Å²) < 4.78 is 8.75. The summed E-state index contributed by atoms with van der Waals surface area (Å²) in [6.07, 6.45) is 2.07. The largest absolute Gasteiger partial charge is 0.381 e. The van der Waals surface area contributed by atoms with Crippen LogP contribution in [0, 0.1) is 5.92 Å². The van der Waals surface area contributed by atoms with Crippen LogP contribution in [0.1, 0.15) is 18.7 Å². The van der Waals surface area contributed by atoms with Gasteiger partial charge in [0.25, 0.3) is 0 Å². The van der Waals surface area contributed by atoms with Gasteiger partial charge < -0.3 is 10.1 Å². The van der Waals surface area contributed by atoms with Crippen LogP contribution in [0.2, 0.25) is 0 Å². The second-order valence-electron chi connectivity index (χ2n) is 4.77. The molecule has 0 amide bonds. The first kappa shape index (κ1) is 11.0. The first-order valence-corrected chi connectivity index (χ1v) is 6.29. The third kappa shape index (κ3) is 2.14. The molecule has 0 bridgehead atoms. The summed E-state index contributed by atoms with van der Waals surface area (Å²) in [7, 11) is 0. The number of nitrogens with one attached hydrogen (secondary N) is 1. The average molecular weight is 238 g/mol. The minimum Gasteiger partial charge on any atom is -0.381 e. The van der Waals surface area contributed by atoms with Crippen molar-refractivity contribution >= 4 is 0 Å². The molecule has 0 radical (unpaired) electrons. The number of rotatable bonds is 2. The molecule has 6 heteroatoms. The number of hydrogen-bond acceptors (Lipinski definition) is 4. The molecule has 0 aliphatic carbocycles. The van der Waals surface area contributed by atoms with E-state index in [0.29, 0.717) is 12.5 Å². The number of fused-ring (bicyclic) bond motifs is 1. The van der Waals surface area contributed by atoms with Crippen LogP contribution in [0.25, 0.3) is 0 Å². The third-order valence-corrected chi connectivity index (χ3v) is 3.57. The van der Waals surface area contributed by atoms with Gasteiger partial charge in [0, 0.05) is 32.8 Å². The molecule has 1 aromatic heterocycles. The van der Waals surface area contributed by atoms with Crippen LogP contribution in [0.15, 0.2) is 4.79 Å². The van der Waals surface area contributed by atoms with Crippen LogP contribution in [0.3, 0.4) is 0 Å². The number of hydrogen-bond donors (Lipinski definition) is 1. The highest BCUT2D eigenvalue weighted by molar-refractivity contribution is 4.91. The van der Waals surface area contributed by atoms with E-state index in [1.54, 1.807) is 9.25 Å². The van der Waals surface area contributed by atoms with Gasteiger partial charge in [0.2, 0.25) is 0 Å². The van der Waals surface area contributed by atoms with E-state index in [0.717, 1.165) is 51.5 Å². The monoisotopic (exact) mass is 238 g/mol. The molecule has 0 unspecified atom stereocenters. The summed E-state index contributed by atoms with van der Waals surface area (Å²) in [5.41, 5.74) is 0.0491. The van der Waals surface area contributed by atoms with Crippen molar-refractivity contribution in [2.75, 3.05) is 19.8 Å². The summed E-state index contributed by atoms with van der Waals surface area (Å²) in [6, 6.07) is 0. The van der Waals surface area contributed by atoms with Gasteiger partial charge in [0.1, 0.15) is 5.82 Å². The van der Waals surface area contributed by atoms with E-state index in [2.05, 4.69) is 10.4 Å². The van der Waals surface area contributed by atoms with Gasteiger partial charge in [-0.25, -0.2) is 9.48 Å². The Bertz CT molecular complexity index is 445.